The molecule has 0 aromatic carbocycles. The summed E-state index contributed by atoms with van der Waals surface area (Å²) in [5, 5.41) is 2.36. The number of carbonyl (C=O) groups is 3. The van der Waals surface area contributed by atoms with Crippen molar-refractivity contribution >= 4 is 29.2 Å². The van der Waals surface area contributed by atoms with Gasteiger partial charge in [0, 0.05) is 16.8 Å². The van der Waals surface area contributed by atoms with Gasteiger partial charge in [-0.3, -0.25) is 4.79 Å². The molecular weight excluding hydrogens is 294 g/mol. The highest BCUT2D eigenvalue weighted by atomic mass is 32.1. The molecule has 0 aliphatic heterocycles. The van der Waals surface area contributed by atoms with E-state index in [1.54, 1.807) is 26.0 Å². The third-order valence-corrected chi connectivity index (χ3v) is 3.96. The van der Waals surface area contributed by atoms with Gasteiger partial charge in [0.05, 0.1) is 13.2 Å². The van der Waals surface area contributed by atoms with E-state index in [0.717, 1.165) is 4.88 Å². The van der Waals surface area contributed by atoms with Gasteiger partial charge in [-0.05, 0) is 32.9 Å². The molecule has 6 nitrogen and oxygen atoms in total. The third-order valence-electron chi connectivity index (χ3n) is 2.84. The third kappa shape index (κ3) is 3.07. The van der Waals surface area contributed by atoms with Crippen molar-refractivity contribution in [3.8, 4) is 0 Å². The predicted octanol–water partition coefficient (Wildman–Crippen LogP) is 1.17. The average Bonchev–Trinajstić information content (AvgIpc) is 2.86. The molecule has 0 aliphatic rings. The van der Waals surface area contributed by atoms with Crippen molar-refractivity contribution in [3.05, 3.63) is 21.9 Å². The molecule has 1 rings (SSSR count). The van der Waals surface area contributed by atoms with Crippen LogP contribution in [0.1, 0.15) is 23.6 Å². The number of carbonyl (C=O) groups excluding carboxylic acids is 3. The molecule has 0 spiro atoms. The standard InChI is InChI=1S/C14H19NO5S/c1-5-19-12(17)14(11(16)15-4,13(18)20-6-2)10-8-7-9(3)21-10/h7-8H,5-6H2,1-4H3,(H,15,16). The van der Waals surface area contributed by atoms with Gasteiger partial charge in [-0.1, -0.05) is 0 Å². The number of rotatable bonds is 6. The van der Waals surface area contributed by atoms with E-state index in [9.17, 15) is 14.4 Å². The highest BCUT2D eigenvalue weighted by Gasteiger charge is 2.58. The highest BCUT2D eigenvalue weighted by molar-refractivity contribution is 7.12. The van der Waals surface area contributed by atoms with Gasteiger partial charge in [0.15, 0.2) is 0 Å². The lowest BCUT2D eigenvalue weighted by Crippen LogP contribution is -2.56. The number of ether oxygens (including phenoxy) is 2. The maximum absolute atomic E-state index is 12.4. The van der Waals surface area contributed by atoms with Crippen molar-refractivity contribution in [2.75, 3.05) is 20.3 Å². The Hall–Kier alpha value is -1.89. The van der Waals surface area contributed by atoms with Crippen LogP contribution in [0, 0.1) is 6.92 Å². The molecule has 7 heteroatoms. The maximum atomic E-state index is 12.4. The zero-order chi connectivity index (χ0) is 16.0. The molecular formula is C14H19NO5S. The Balaban J connectivity index is 3.51. The van der Waals surface area contributed by atoms with Gasteiger partial charge in [0.1, 0.15) is 0 Å². The fourth-order valence-corrected chi connectivity index (χ4v) is 2.92. The van der Waals surface area contributed by atoms with E-state index in [1.807, 2.05) is 6.92 Å². The first-order valence-electron chi connectivity index (χ1n) is 6.58. The molecule has 0 bridgehead atoms. The van der Waals surface area contributed by atoms with Crippen LogP contribution < -0.4 is 5.32 Å². The van der Waals surface area contributed by atoms with Crippen molar-refractivity contribution in [1.82, 2.24) is 5.32 Å². The number of amides is 1. The molecule has 21 heavy (non-hydrogen) atoms. The molecule has 0 atom stereocenters. The first-order chi connectivity index (χ1) is 9.94. The number of aryl methyl sites for hydroxylation is 1. The van der Waals surface area contributed by atoms with Gasteiger partial charge in [0.25, 0.3) is 11.3 Å². The van der Waals surface area contributed by atoms with Gasteiger partial charge in [0.2, 0.25) is 0 Å². The van der Waals surface area contributed by atoms with Crippen molar-refractivity contribution < 1.29 is 23.9 Å². The second kappa shape index (κ2) is 7.21. The fraction of sp³-hybridized carbons (Fsp3) is 0.500. The van der Waals surface area contributed by atoms with Crippen LogP contribution in [-0.4, -0.2) is 38.1 Å². The van der Waals surface area contributed by atoms with Gasteiger partial charge in [-0.2, -0.15) is 0 Å². The van der Waals surface area contributed by atoms with E-state index in [4.69, 9.17) is 9.47 Å². The van der Waals surface area contributed by atoms with E-state index >= 15 is 0 Å². The first kappa shape index (κ1) is 17.2. The van der Waals surface area contributed by atoms with Crippen LogP contribution >= 0.6 is 11.3 Å². The predicted molar refractivity (Wildman–Crippen MR) is 78.1 cm³/mol. The molecule has 1 heterocycles. The van der Waals surface area contributed by atoms with Crippen LogP contribution in [-0.2, 0) is 29.3 Å². The summed E-state index contributed by atoms with van der Waals surface area (Å²) in [6.07, 6.45) is 0. The van der Waals surface area contributed by atoms with Crippen LogP contribution in [0.2, 0.25) is 0 Å². The first-order valence-corrected chi connectivity index (χ1v) is 7.40. The minimum Gasteiger partial charge on any atom is -0.464 e. The Morgan fingerprint density at radius 1 is 1.14 bits per heavy atom. The van der Waals surface area contributed by atoms with Gasteiger partial charge in [-0.15, -0.1) is 11.3 Å². The number of nitrogens with one attached hydrogen (secondary N) is 1. The van der Waals surface area contributed by atoms with Crippen molar-refractivity contribution in [2.24, 2.45) is 0 Å². The Kier molecular flexibility index (Phi) is 5.90. The quantitative estimate of drug-likeness (QED) is 0.630. The second-order valence-electron chi connectivity index (χ2n) is 4.18. The average molecular weight is 313 g/mol. The lowest BCUT2D eigenvalue weighted by molar-refractivity contribution is -0.167. The molecule has 0 saturated carbocycles. The largest absolute Gasteiger partial charge is 0.464 e. The van der Waals surface area contributed by atoms with E-state index in [-0.39, 0.29) is 18.1 Å². The molecule has 0 fully saturated rings. The zero-order valence-electron chi connectivity index (χ0n) is 12.5. The summed E-state index contributed by atoms with van der Waals surface area (Å²) in [5.74, 6) is -2.62. The van der Waals surface area contributed by atoms with E-state index in [1.165, 1.54) is 18.4 Å². The summed E-state index contributed by atoms with van der Waals surface area (Å²) in [6.45, 7) is 5.15. The molecule has 0 unspecified atom stereocenters. The summed E-state index contributed by atoms with van der Waals surface area (Å²) < 4.78 is 9.94. The lowest BCUT2D eigenvalue weighted by Gasteiger charge is -2.26. The number of hydrogen-bond acceptors (Lipinski definition) is 6. The van der Waals surface area contributed by atoms with Crippen LogP contribution in [0.15, 0.2) is 12.1 Å². The normalized spacial score (nSPS) is 10.9. The molecule has 0 aliphatic carbocycles. The molecule has 1 aromatic rings. The highest BCUT2D eigenvalue weighted by Crippen LogP contribution is 2.34. The molecule has 1 aromatic heterocycles. The lowest BCUT2D eigenvalue weighted by atomic mass is 9.85. The van der Waals surface area contributed by atoms with E-state index in [0.29, 0.717) is 0 Å². The van der Waals surface area contributed by atoms with E-state index < -0.39 is 23.3 Å². The van der Waals surface area contributed by atoms with E-state index in [2.05, 4.69) is 5.32 Å². The van der Waals surface area contributed by atoms with Gasteiger partial charge >= 0.3 is 11.9 Å². The SMILES string of the molecule is CCOC(=O)C(C(=O)NC)(C(=O)OCC)c1ccc(C)s1. The fourth-order valence-electron chi connectivity index (χ4n) is 1.88. The monoisotopic (exact) mass is 313 g/mol. The Morgan fingerprint density at radius 3 is 2.00 bits per heavy atom. The zero-order valence-corrected chi connectivity index (χ0v) is 13.3. The van der Waals surface area contributed by atoms with Gasteiger partial charge < -0.3 is 14.8 Å². The van der Waals surface area contributed by atoms with Gasteiger partial charge in [-0.25, -0.2) is 9.59 Å². The van der Waals surface area contributed by atoms with Crippen molar-refractivity contribution in [1.29, 1.82) is 0 Å². The summed E-state index contributed by atoms with van der Waals surface area (Å²) in [5.41, 5.74) is -2.11. The second-order valence-corrected chi connectivity index (χ2v) is 5.47. The summed E-state index contributed by atoms with van der Waals surface area (Å²) in [7, 11) is 1.36. The van der Waals surface area contributed by atoms with Crippen molar-refractivity contribution in [2.45, 2.75) is 26.2 Å². The smallest absolute Gasteiger partial charge is 0.338 e. The topological polar surface area (TPSA) is 81.7 Å². The Morgan fingerprint density at radius 2 is 1.67 bits per heavy atom. The van der Waals surface area contributed by atoms with Crippen LogP contribution in [0.3, 0.4) is 0 Å². The molecule has 0 radical (unpaired) electrons. The minimum atomic E-state index is -2.11. The molecule has 1 N–H and O–H groups in total. The summed E-state index contributed by atoms with van der Waals surface area (Å²) in [4.78, 5) is 38.4. The Labute approximate surface area is 127 Å². The van der Waals surface area contributed by atoms with Crippen LogP contribution in [0.5, 0.6) is 0 Å². The number of esters is 2. The van der Waals surface area contributed by atoms with Crippen LogP contribution in [0.4, 0.5) is 0 Å². The number of likely N-dealkylation sites (N-methyl/N-ethyl adjacent to an activating group) is 1. The number of thiophene rings is 1. The summed E-state index contributed by atoms with van der Waals surface area (Å²) in [6, 6.07) is 3.30. The molecule has 0 saturated heterocycles. The van der Waals surface area contributed by atoms with Crippen LogP contribution in [0.25, 0.3) is 0 Å². The maximum Gasteiger partial charge on any atom is 0.338 e. The molecule has 116 valence electrons. The molecule has 1 amide bonds. The summed E-state index contributed by atoms with van der Waals surface area (Å²) >= 11 is 1.18. The number of hydrogen-bond donors (Lipinski definition) is 1. The van der Waals surface area contributed by atoms with Crippen molar-refractivity contribution in [3.63, 3.8) is 0 Å². The minimum absolute atomic E-state index is 0.0569. The Bertz CT molecular complexity index is 519.